The van der Waals surface area contributed by atoms with E-state index in [-0.39, 0.29) is 11.8 Å². The number of amides is 2. The maximum Gasteiger partial charge on any atom is 0.272 e. The van der Waals surface area contributed by atoms with E-state index in [0.717, 1.165) is 15.4 Å². The molecule has 0 N–H and O–H groups in total. The number of thioether (sulfide) groups is 1. The van der Waals surface area contributed by atoms with E-state index in [1.165, 1.54) is 17.8 Å². The van der Waals surface area contributed by atoms with Gasteiger partial charge in [-0.25, -0.2) is 4.90 Å². The lowest BCUT2D eigenvalue weighted by molar-refractivity contribution is -0.120. The summed E-state index contributed by atoms with van der Waals surface area (Å²) in [5.74, 6) is -0.639. The molecule has 110 valence electrons. The highest BCUT2D eigenvalue weighted by molar-refractivity contribution is 8.04. The van der Waals surface area contributed by atoms with E-state index in [2.05, 4.69) is 0 Å². The predicted octanol–water partition coefficient (Wildman–Crippen LogP) is 4.20. The summed E-state index contributed by atoms with van der Waals surface area (Å²) >= 11 is 7.13. The first kappa shape index (κ1) is 14.9. The third-order valence-electron chi connectivity index (χ3n) is 3.22. The Hall–Kier alpha value is -2.04. The molecule has 1 heterocycles. The normalized spacial score (nSPS) is 14.5. The SMILES string of the molecule is Cc1ccc(SC2=CC(=O)N(c3ccc(Cl)cc3)C2=O)cc1. The minimum atomic E-state index is -0.332. The van der Waals surface area contributed by atoms with E-state index >= 15 is 0 Å². The molecular formula is C17H12ClNO2S. The summed E-state index contributed by atoms with van der Waals surface area (Å²) < 4.78 is 0. The second kappa shape index (κ2) is 5.99. The molecule has 3 rings (SSSR count). The van der Waals surface area contributed by atoms with Gasteiger partial charge >= 0.3 is 0 Å². The quantitative estimate of drug-likeness (QED) is 0.792. The van der Waals surface area contributed by atoms with Gasteiger partial charge in [0.15, 0.2) is 0 Å². The van der Waals surface area contributed by atoms with Crippen LogP contribution in [0.5, 0.6) is 0 Å². The average Bonchev–Trinajstić information content (AvgIpc) is 2.77. The number of carbonyl (C=O) groups is 2. The van der Waals surface area contributed by atoms with Crippen molar-refractivity contribution in [2.24, 2.45) is 0 Å². The van der Waals surface area contributed by atoms with Crippen molar-refractivity contribution in [3.05, 3.63) is 70.1 Å². The van der Waals surface area contributed by atoms with E-state index in [1.54, 1.807) is 24.3 Å². The average molecular weight is 330 g/mol. The van der Waals surface area contributed by atoms with Crippen LogP contribution >= 0.6 is 23.4 Å². The van der Waals surface area contributed by atoms with Crippen LogP contribution in [0.3, 0.4) is 0 Å². The first-order valence-corrected chi connectivity index (χ1v) is 7.84. The number of carbonyl (C=O) groups excluding carboxylic acids is 2. The number of hydrogen-bond acceptors (Lipinski definition) is 3. The number of rotatable bonds is 3. The van der Waals surface area contributed by atoms with Crippen molar-refractivity contribution < 1.29 is 9.59 Å². The van der Waals surface area contributed by atoms with Crippen LogP contribution in [0.4, 0.5) is 5.69 Å². The van der Waals surface area contributed by atoms with Gasteiger partial charge in [-0.3, -0.25) is 9.59 Å². The van der Waals surface area contributed by atoms with Gasteiger partial charge in [0.2, 0.25) is 0 Å². The zero-order valence-electron chi connectivity index (χ0n) is 11.7. The van der Waals surface area contributed by atoms with Crippen LogP contribution in [0.15, 0.2) is 64.4 Å². The molecule has 0 aromatic heterocycles. The van der Waals surface area contributed by atoms with Gasteiger partial charge in [-0.05, 0) is 43.3 Å². The molecule has 22 heavy (non-hydrogen) atoms. The second-order valence-corrected chi connectivity index (χ2v) is 6.43. The molecule has 1 aliphatic heterocycles. The topological polar surface area (TPSA) is 37.4 Å². The lowest BCUT2D eigenvalue weighted by Gasteiger charge is -2.14. The Morgan fingerprint density at radius 3 is 2.23 bits per heavy atom. The molecule has 0 spiro atoms. The molecule has 5 heteroatoms. The Balaban J connectivity index is 1.82. The molecule has 0 bridgehead atoms. The van der Waals surface area contributed by atoms with Crippen LogP contribution in [0.25, 0.3) is 0 Å². The summed E-state index contributed by atoms with van der Waals surface area (Å²) in [5.41, 5.74) is 1.67. The highest BCUT2D eigenvalue weighted by atomic mass is 35.5. The third kappa shape index (κ3) is 2.93. The van der Waals surface area contributed by atoms with Gasteiger partial charge in [0.05, 0.1) is 10.6 Å². The third-order valence-corrected chi connectivity index (χ3v) is 4.49. The van der Waals surface area contributed by atoms with Gasteiger partial charge in [0.25, 0.3) is 11.8 Å². The van der Waals surface area contributed by atoms with Crippen molar-refractivity contribution in [2.45, 2.75) is 11.8 Å². The van der Waals surface area contributed by atoms with Crippen molar-refractivity contribution in [1.29, 1.82) is 0 Å². The van der Waals surface area contributed by atoms with Crippen molar-refractivity contribution in [3.8, 4) is 0 Å². The van der Waals surface area contributed by atoms with Gasteiger partial charge in [-0.1, -0.05) is 41.1 Å². The van der Waals surface area contributed by atoms with Crippen molar-refractivity contribution in [1.82, 2.24) is 0 Å². The molecule has 0 saturated carbocycles. The van der Waals surface area contributed by atoms with Crippen molar-refractivity contribution in [2.75, 3.05) is 4.90 Å². The summed E-state index contributed by atoms with van der Waals surface area (Å²) in [6.07, 6.45) is 1.38. The maximum absolute atomic E-state index is 12.5. The van der Waals surface area contributed by atoms with Crippen LogP contribution in [0.1, 0.15) is 5.56 Å². The fourth-order valence-electron chi connectivity index (χ4n) is 2.09. The summed E-state index contributed by atoms with van der Waals surface area (Å²) in [7, 11) is 0. The Labute approximate surface area is 137 Å². The van der Waals surface area contributed by atoms with Gasteiger partial charge in [-0.15, -0.1) is 0 Å². The zero-order chi connectivity index (χ0) is 15.7. The number of aryl methyl sites for hydroxylation is 1. The number of nitrogens with zero attached hydrogens (tertiary/aromatic N) is 1. The molecule has 0 radical (unpaired) electrons. The molecule has 3 nitrogen and oxygen atoms in total. The first-order chi connectivity index (χ1) is 10.5. The van der Waals surface area contributed by atoms with E-state index < -0.39 is 0 Å². The van der Waals surface area contributed by atoms with Gasteiger partial charge in [-0.2, -0.15) is 0 Å². The molecule has 0 saturated heterocycles. The van der Waals surface area contributed by atoms with Crippen LogP contribution in [0.2, 0.25) is 5.02 Å². The van der Waals surface area contributed by atoms with Crippen LogP contribution in [0, 0.1) is 6.92 Å². The predicted molar refractivity (Wildman–Crippen MR) is 89.1 cm³/mol. The van der Waals surface area contributed by atoms with Crippen LogP contribution < -0.4 is 4.90 Å². The van der Waals surface area contributed by atoms with Gasteiger partial charge in [0, 0.05) is 16.0 Å². The van der Waals surface area contributed by atoms with Gasteiger partial charge in [0.1, 0.15) is 0 Å². The van der Waals surface area contributed by atoms with E-state index in [9.17, 15) is 9.59 Å². The molecule has 0 fully saturated rings. The van der Waals surface area contributed by atoms with Gasteiger partial charge < -0.3 is 0 Å². The monoisotopic (exact) mass is 329 g/mol. The van der Waals surface area contributed by atoms with E-state index in [1.807, 2.05) is 31.2 Å². The lowest BCUT2D eigenvalue weighted by Crippen LogP contribution is -2.30. The minimum Gasteiger partial charge on any atom is -0.269 e. The smallest absolute Gasteiger partial charge is 0.269 e. The zero-order valence-corrected chi connectivity index (χ0v) is 13.3. The Kier molecular flexibility index (Phi) is 4.05. The molecule has 2 aromatic rings. The fraction of sp³-hybridized carbons (Fsp3) is 0.0588. The summed E-state index contributed by atoms with van der Waals surface area (Å²) in [6, 6.07) is 14.4. The van der Waals surface area contributed by atoms with Crippen molar-refractivity contribution in [3.63, 3.8) is 0 Å². The van der Waals surface area contributed by atoms with Crippen LogP contribution in [-0.4, -0.2) is 11.8 Å². The van der Waals surface area contributed by atoms with E-state index in [0.29, 0.717) is 15.6 Å². The number of imide groups is 1. The van der Waals surface area contributed by atoms with E-state index in [4.69, 9.17) is 11.6 Å². The Morgan fingerprint density at radius 1 is 0.955 bits per heavy atom. The molecule has 1 aliphatic rings. The molecule has 0 aliphatic carbocycles. The Bertz CT molecular complexity index is 766. The summed E-state index contributed by atoms with van der Waals surface area (Å²) in [6.45, 7) is 2.00. The standard InChI is InChI=1S/C17H12ClNO2S/c1-11-2-8-14(9-3-11)22-15-10-16(20)19(17(15)21)13-6-4-12(18)5-7-13/h2-10H,1H3. The second-order valence-electron chi connectivity index (χ2n) is 4.88. The highest BCUT2D eigenvalue weighted by Gasteiger charge is 2.32. The number of anilines is 1. The number of hydrogen-bond donors (Lipinski definition) is 0. The molecule has 2 aromatic carbocycles. The summed E-state index contributed by atoms with van der Waals surface area (Å²) in [5, 5.41) is 0.560. The first-order valence-electron chi connectivity index (χ1n) is 6.65. The maximum atomic E-state index is 12.5. The number of halogens is 1. The highest BCUT2D eigenvalue weighted by Crippen LogP contribution is 2.33. The number of benzene rings is 2. The van der Waals surface area contributed by atoms with Crippen LogP contribution in [-0.2, 0) is 9.59 Å². The Morgan fingerprint density at radius 2 is 1.59 bits per heavy atom. The lowest BCUT2D eigenvalue weighted by atomic mass is 10.2. The molecule has 2 amide bonds. The fourth-order valence-corrected chi connectivity index (χ4v) is 3.08. The van der Waals surface area contributed by atoms with Crippen molar-refractivity contribution >= 4 is 40.9 Å². The molecule has 0 unspecified atom stereocenters. The molecular weight excluding hydrogens is 318 g/mol. The minimum absolute atomic E-state index is 0.308. The summed E-state index contributed by atoms with van der Waals surface area (Å²) in [4.78, 5) is 27.1. The molecule has 0 atom stereocenters. The largest absolute Gasteiger partial charge is 0.272 e.